The Bertz CT molecular complexity index is 2580. The van der Waals surface area contributed by atoms with Gasteiger partial charge in [-0.1, -0.05) is 65.8 Å². The molecule has 0 radical (unpaired) electrons. The second-order valence-electron chi connectivity index (χ2n) is 17.6. The maximum absolute atomic E-state index is 14.2. The van der Waals surface area contributed by atoms with E-state index < -0.39 is 87.5 Å². The van der Waals surface area contributed by atoms with Crippen molar-refractivity contribution in [2.45, 2.75) is 115 Å². The van der Waals surface area contributed by atoms with Gasteiger partial charge in [0.15, 0.2) is 16.9 Å². The molecule has 1 aliphatic carbocycles. The summed E-state index contributed by atoms with van der Waals surface area (Å²) in [4.78, 5) is 89.3. The number of β-lactam (4-membered cyclic amide) rings is 1. The van der Waals surface area contributed by atoms with Gasteiger partial charge in [-0.15, -0.1) is 11.3 Å². The van der Waals surface area contributed by atoms with E-state index in [1.54, 1.807) is 90.1 Å². The number of nitrogens with one attached hydrogen (secondary N) is 4. The molecule has 23 nitrogen and oxygen atoms in total. The highest BCUT2D eigenvalue weighted by Gasteiger charge is 2.57. The Morgan fingerprint density at radius 3 is 2.13 bits per heavy atom. The first-order valence-electron chi connectivity index (χ1n) is 21.3. The molecule has 3 heterocycles. The molecule has 2 aliphatic rings. The molecule has 68 heavy (non-hydrogen) atoms. The lowest BCUT2D eigenvalue weighted by atomic mass is 9.98. The van der Waals surface area contributed by atoms with Crippen molar-refractivity contribution in [3.05, 3.63) is 94.8 Å². The summed E-state index contributed by atoms with van der Waals surface area (Å²) in [6.45, 7) is 9.79. The summed E-state index contributed by atoms with van der Waals surface area (Å²) >= 11 is 0.885. The summed E-state index contributed by atoms with van der Waals surface area (Å²) in [5.41, 5.74) is -2.29. The van der Waals surface area contributed by atoms with Crippen molar-refractivity contribution in [2.75, 3.05) is 11.9 Å². The first-order valence-corrected chi connectivity index (χ1v) is 23.5. The summed E-state index contributed by atoms with van der Waals surface area (Å²) in [5, 5.41) is 23.8. The number of anilines is 1. The smallest absolute Gasteiger partial charge is 0.413 e. The van der Waals surface area contributed by atoms with E-state index in [1.807, 2.05) is 12.1 Å². The fourth-order valence-electron chi connectivity index (χ4n) is 6.46. The van der Waals surface area contributed by atoms with Gasteiger partial charge in [0.05, 0.1) is 19.3 Å². The zero-order valence-corrected chi connectivity index (χ0v) is 39.6. The topological polar surface area (TPSA) is 301 Å². The van der Waals surface area contributed by atoms with E-state index in [1.165, 1.54) is 11.6 Å². The van der Waals surface area contributed by atoms with Gasteiger partial charge in [-0.2, -0.15) is 23.4 Å². The number of carbonyl (C=O) groups is 6. The molecule has 0 spiro atoms. The second-order valence-corrected chi connectivity index (χ2v) is 19.8. The molecule has 5 N–H and O–H groups in total. The molecule has 364 valence electrons. The largest absolute Gasteiger partial charge is 0.450 e. The quantitative estimate of drug-likeness (QED) is 0.0170. The van der Waals surface area contributed by atoms with E-state index in [0.717, 1.165) is 16.1 Å². The van der Waals surface area contributed by atoms with E-state index in [-0.39, 0.29) is 59.1 Å². The van der Waals surface area contributed by atoms with Gasteiger partial charge in [-0.3, -0.25) is 24.3 Å². The lowest BCUT2D eigenvalue weighted by Crippen LogP contribution is -2.73. The number of amides is 5. The van der Waals surface area contributed by atoms with Crippen LogP contribution in [0.5, 0.6) is 0 Å². The summed E-state index contributed by atoms with van der Waals surface area (Å²) < 4.78 is 51.4. The number of rotatable bonds is 19. The Hall–Kier alpha value is -6.99. The first-order chi connectivity index (χ1) is 32.0. The van der Waals surface area contributed by atoms with Gasteiger partial charge in [0, 0.05) is 31.2 Å². The molecule has 2 atom stereocenters. The Morgan fingerprint density at radius 1 is 0.926 bits per heavy atom. The predicted octanol–water partition coefficient (Wildman–Crippen LogP) is 3.79. The number of alkyl carbamates (subject to hydrolysis) is 1. The Balaban J connectivity index is 1.17. The van der Waals surface area contributed by atoms with Crippen LogP contribution < -0.4 is 21.3 Å². The van der Waals surface area contributed by atoms with Crippen molar-refractivity contribution in [3.8, 4) is 0 Å². The summed E-state index contributed by atoms with van der Waals surface area (Å²) in [7, 11) is -5.17. The highest BCUT2D eigenvalue weighted by molar-refractivity contribution is 7.84. The van der Waals surface area contributed by atoms with E-state index in [4.69, 9.17) is 19.0 Å². The number of aromatic nitrogens is 4. The molecule has 5 amide bonds. The van der Waals surface area contributed by atoms with E-state index >= 15 is 0 Å². The highest BCUT2D eigenvalue weighted by Crippen LogP contribution is 2.43. The minimum absolute atomic E-state index is 0.0223. The SMILES string of the molecule is CC(C)(C)OC(=O)NCCCC(=O)NCc1cnn(C[C@@H]2[C@H](NC(=O)/C(=N\OC3(C(=O)OC(c4ccccc4)c4ccccc4)CC3)c3csc(NC(=O)OC(C)(C)C)n3)C(=O)N2S(=O)(=O)O)n1. The number of ether oxygens (including phenoxy) is 3. The van der Waals surface area contributed by atoms with Crippen molar-refractivity contribution in [2.24, 2.45) is 5.16 Å². The van der Waals surface area contributed by atoms with Crippen LogP contribution in [-0.2, 0) is 61.6 Å². The van der Waals surface area contributed by atoms with E-state index in [9.17, 15) is 41.7 Å². The average Bonchev–Trinajstić information content (AvgIpc) is 3.68. The number of esters is 1. The zero-order chi connectivity index (χ0) is 49.4. The van der Waals surface area contributed by atoms with Crippen molar-refractivity contribution >= 4 is 68.4 Å². The van der Waals surface area contributed by atoms with Crippen molar-refractivity contribution < 1.29 is 60.8 Å². The molecule has 25 heteroatoms. The maximum atomic E-state index is 14.2. The van der Waals surface area contributed by atoms with Crippen LogP contribution >= 0.6 is 11.3 Å². The molecule has 2 fully saturated rings. The fraction of sp³-hybridized carbons (Fsp3) is 0.442. The molecular formula is C43H52N10O13S2. The zero-order valence-electron chi connectivity index (χ0n) is 38.0. The number of benzene rings is 2. The van der Waals surface area contributed by atoms with Gasteiger partial charge in [-0.05, 0) is 59.1 Å². The van der Waals surface area contributed by atoms with E-state index in [2.05, 4.69) is 41.6 Å². The first kappa shape index (κ1) is 50.4. The van der Waals surface area contributed by atoms with Crippen LogP contribution in [0.15, 0.2) is 77.4 Å². The Kier molecular flexibility index (Phi) is 15.5. The standard InChI is InChI=1S/C43H52N10O13S2/c1-41(2,3)64-39(58)44-21-13-18-31(54)45-22-28-23-46-52(50-28)24-30-33(36(56)53(30)68(60,61)62)48-35(55)32(29-25-67-38(47-29)49-40(59)65-42(4,5)6)51-66-43(19-20-43)37(57)63-34(26-14-9-7-10-15-26)27-16-11-8-12-17-27/h7-12,14-17,23,25,30,33-34H,13,18-22,24H2,1-6H3,(H,44,58)(H,45,54)(H,48,55)(H,47,49,59)(H,60,61,62)/b51-32-/t30-,33+/m1/s1. The van der Waals surface area contributed by atoms with Crippen LogP contribution in [-0.4, -0.2) is 114 Å². The predicted molar refractivity (Wildman–Crippen MR) is 242 cm³/mol. The highest BCUT2D eigenvalue weighted by atomic mass is 32.2. The molecule has 4 aromatic rings. The van der Waals surface area contributed by atoms with E-state index in [0.29, 0.717) is 17.5 Å². The van der Waals surface area contributed by atoms with Crippen LogP contribution in [0, 0.1) is 0 Å². The third-order valence-electron chi connectivity index (χ3n) is 9.74. The van der Waals surface area contributed by atoms with Crippen molar-refractivity contribution in [1.29, 1.82) is 0 Å². The molecule has 1 aliphatic heterocycles. The third-order valence-corrected chi connectivity index (χ3v) is 11.4. The third kappa shape index (κ3) is 13.8. The molecule has 0 bridgehead atoms. The lowest BCUT2D eigenvalue weighted by molar-refractivity contribution is -0.164. The molecule has 2 aromatic heterocycles. The number of hydrogen-bond donors (Lipinski definition) is 5. The van der Waals surface area contributed by atoms with Crippen molar-refractivity contribution in [1.82, 2.24) is 40.2 Å². The molecule has 0 unspecified atom stereocenters. The summed E-state index contributed by atoms with van der Waals surface area (Å²) in [6.07, 6.45) is -0.309. The Morgan fingerprint density at radius 2 is 1.54 bits per heavy atom. The summed E-state index contributed by atoms with van der Waals surface area (Å²) in [5.74, 6) is -3.47. The minimum Gasteiger partial charge on any atom is -0.450 e. The van der Waals surface area contributed by atoms with Crippen LogP contribution in [0.1, 0.15) is 95.8 Å². The second kappa shape index (κ2) is 20.9. The monoisotopic (exact) mass is 980 g/mol. The number of hydrogen-bond acceptors (Lipinski definition) is 17. The lowest BCUT2D eigenvalue weighted by Gasteiger charge is -2.43. The number of nitrogens with zero attached hydrogens (tertiary/aromatic N) is 6. The molecular weight excluding hydrogens is 929 g/mol. The van der Waals surface area contributed by atoms with Gasteiger partial charge in [0.25, 0.3) is 11.8 Å². The van der Waals surface area contributed by atoms with Gasteiger partial charge in [-0.25, -0.2) is 23.7 Å². The molecule has 1 saturated carbocycles. The molecule has 6 rings (SSSR count). The van der Waals surface area contributed by atoms with Gasteiger partial charge >= 0.3 is 28.5 Å². The fourth-order valence-corrected chi connectivity index (χ4v) is 8.02. The van der Waals surface area contributed by atoms with Crippen LogP contribution in [0.4, 0.5) is 14.7 Å². The van der Waals surface area contributed by atoms with Gasteiger partial charge in [0.2, 0.25) is 11.5 Å². The number of thiazole rings is 1. The number of carbonyl (C=O) groups excluding carboxylic acids is 6. The van der Waals surface area contributed by atoms with Crippen LogP contribution in [0.2, 0.25) is 0 Å². The van der Waals surface area contributed by atoms with Gasteiger partial charge in [0.1, 0.15) is 34.7 Å². The minimum atomic E-state index is -5.17. The number of oxime groups is 1. The van der Waals surface area contributed by atoms with Crippen LogP contribution in [0.25, 0.3) is 0 Å². The summed E-state index contributed by atoms with van der Waals surface area (Å²) in [6, 6.07) is 15.0. The average molecular weight is 981 g/mol. The normalized spacial score (nSPS) is 16.8. The maximum Gasteiger partial charge on any atom is 0.413 e. The van der Waals surface area contributed by atoms with Crippen molar-refractivity contribution in [3.63, 3.8) is 0 Å². The van der Waals surface area contributed by atoms with Gasteiger partial charge < -0.3 is 35.0 Å². The Labute approximate surface area is 395 Å². The van der Waals surface area contributed by atoms with Crippen LogP contribution in [0.3, 0.4) is 0 Å². The molecule has 1 saturated heterocycles. The molecule has 2 aromatic carbocycles.